The number of morpholine rings is 1. The molecule has 0 atom stereocenters. The number of hydrogen-bond acceptors (Lipinski definition) is 21. The Hall–Kier alpha value is -7.57. The average Bonchev–Trinajstić information content (AvgIpc) is 3.28. The van der Waals surface area contributed by atoms with Crippen molar-refractivity contribution in [1.29, 1.82) is 0 Å². The molecule has 0 saturated carbocycles. The predicted octanol–water partition coefficient (Wildman–Crippen LogP) is 7.44. The lowest BCUT2D eigenvalue weighted by molar-refractivity contribution is -0.254. The molecule has 1 fully saturated rings. The van der Waals surface area contributed by atoms with Crippen LogP contribution in [0.15, 0.2) is 81.1 Å². The quantitative estimate of drug-likeness (QED) is 0.0267. The molecule has 23 heteroatoms. The lowest BCUT2D eigenvalue weighted by Crippen LogP contribution is -2.37. The van der Waals surface area contributed by atoms with E-state index in [4.69, 9.17) is 39.2 Å². The predicted molar refractivity (Wildman–Crippen MR) is 219 cm³/mol. The summed E-state index contributed by atoms with van der Waals surface area (Å²) in [4.78, 5) is 47.7. The highest BCUT2D eigenvalue weighted by Crippen LogP contribution is 2.42. The first-order valence-corrected chi connectivity index (χ1v) is 18.3. The summed E-state index contributed by atoms with van der Waals surface area (Å²) in [6.45, 7) is 1.65. The molecule has 5 aromatic rings. The highest BCUT2D eigenvalue weighted by atomic mass is 17.1. The van der Waals surface area contributed by atoms with Gasteiger partial charge in [-0.15, -0.1) is 10.2 Å². The van der Waals surface area contributed by atoms with E-state index in [-0.39, 0.29) is 59.1 Å². The zero-order chi connectivity index (χ0) is 44.2. The number of aromatic carboxylic acids is 2. The van der Waals surface area contributed by atoms with E-state index in [1.54, 1.807) is 36.4 Å². The van der Waals surface area contributed by atoms with E-state index in [9.17, 15) is 19.8 Å². The number of anilines is 5. The van der Waals surface area contributed by atoms with Crippen LogP contribution >= 0.6 is 0 Å². The monoisotopic (exact) mass is 856 g/mol. The molecule has 0 bridgehead atoms. The second-order valence-electron chi connectivity index (χ2n) is 12.9. The SMILES string of the molecule is COc1cc(Nc2nc(Nc3cc(OC)c(N=Nc4cc(C(=O)O)cc(C(=O)O)c4)cc3OC)nc(N3CCOCC3)n2)c(OC)cc1N=Nc1cc(COO)cc(COO)c1. The zero-order valence-corrected chi connectivity index (χ0v) is 33.6. The maximum atomic E-state index is 11.6. The van der Waals surface area contributed by atoms with Gasteiger partial charge in [0.2, 0.25) is 17.8 Å². The minimum Gasteiger partial charge on any atom is -0.494 e. The fourth-order valence-corrected chi connectivity index (χ4v) is 5.99. The van der Waals surface area contributed by atoms with Crippen LogP contribution in [-0.4, -0.2) is 102 Å². The molecule has 0 spiro atoms. The van der Waals surface area contributed by atoms with Gasteiger partial charge < -0.3 is 49.4 Å². The second kappa shape index (κ2) is 20.6. The molecule has 1 saturated heterocycles. The fraction of sp³-hybridized carbons (Fsp3) is 0.256. The number of ether oxygens (including phenoxy) is 5. The van der Waals surface area contributed by atoms with Gasteiger partial charge in [-0.05, 0) is 41.5 Å². The largest absolute Gasteiger partial charge is 0.494 e. The number of nitrogens with zero attached hydrogens (tertiary/aromatic N) is 8. The third kappa shape index (κ3) is 11.0. The van der Waals surface area contributed by atoms with Crippen LogP contribution in [0.1, 0.15) is 31.8 Å². The van der Waals surface area contributed by atoms with Gasteiger partial charge in [0.1, 0.15) is 47.6 Å². The Morgan fingerprint density at radius 2 is 1.06 bits per heavy atom. The number of aromatic nitrogens is 3. The molecule has 1 aliphatic heterocycles. The van der Waals surface area contributed by atoms with E-state index in [1.165, 1.54) is 46.6 Å². The normalized spacial score (nSPS) is 12.7. The topological polar surface area (TPSA) is 295 Å². The summed E-state index contributed by atoms with van der Waals surface area (Å²) in [5.41, 5.74) is 2.16. The Labute approximate surface area is 352 Å². The third-order valence-corrected chi connectivity index (χ3v) is 8.87. The lowest BCUT2D eigenvalue weighted by atomic mass is 10.1. The van der Waals surface area contributed by atoms with E-state index < -0.39 is 11.9 Å². The van der Waals surface area contributed by atoms with Crippen molar-refractivity contribution in [2.75, 3.05) is 70.3 Å². The molecular formula is C39H40N10O13. The number of carboxylic acid groups (broad SMARTS) is 2. The van der Waals surface area contributed by atoms with Gasteiger partial charge in [-0.25, -0.2) is 19.4 Å². The number of carbonyl (C=O) groups is 2. The zero-order valence-electron chi connectivity index (χ0n) is 33.6. The van der Waals surface area contributed by atoms with E-state index in [0.717, 1.165) is 6.07 Å². The van der Waals surface area contributed by atoms with Crippen LogP contribution in [0.25, 0.3) is 0 Å². The molecule has 4 aromatic carbocycles. The van der Waals surface area contributed by atoms with E-state index >= 15 is 0 Å². The van der Waals surface area contributed by atoms with Crippen molar-refractivity contribution in [3.8, 4) is 23.0 Å². The highest BCUT2D eigenvalue weighted by molar-refractivity contribution is 5.95. The molecule has 0 aliphatic carbocycles. The van der Waals surface area contributed by atoms with Crippen LogP contribution in [-0.2, 0) is 27.7 Å². The van der Waals surface area contributed by atoms with Crippen LogP contribution in [0.4, 0.5) is 52.0 Å². The maximum Gasteiger partial charge on any atom is 0.335 e. The number of rotatable bonds is 19. The minimum absolute atomic E-state index is 0.0134. The lowest BCUT2D eigenvalue weighted by Gasteiger charge is -2.27. The molecule has 1 aliphatic rings. The third-order valence-electron chi connectivity index (χ3n) is 8.87. The molecule has 1 aromatic heterocycles. The van der Waals surface area contributed by atoms with Crippen molar-refractivity contribution < 1.29 is 63.8 Å². The van der Waals surface area contributed by atoms with Gasteiger partial charge in [-0.1, -0.05) is 6.07 Å². The summed E-state index contributed by atoms with van der Waals surface area (Å²) in [5, 5.41) is 60.2. The summed E-state index contributed by atoms with van der Waals surface area (Å²) in [7, 11) is 5.77. The first-order valence-electron chi connectivity index (χ1n) is 18.3. The van der Waals surface area contributed by atoms with Crippen molar-refractivity contribution >= 4 is 63.9 Å². The van der Waals surface area contributed by atoms with Gasteiger partial charge in [0.15, 0.2) is 0 Å². The first-order chi connectivity index (χ1) is 30.0. The number of methoxy groups -OCH3 is 4. The van der Waals surface area contributed by atoms with Crippen molar-refractivity contribution in [2.45, 2.75) is 13.2 Å². The first kappa shape index (κ1) is 44.0. The van der Waals surface area contributed by atoms with Crippen LogP contribution < -0.4 is 34.5 Å². The van der Waals surface area contributed by atoms with E-state index in [1.807, 2.05) is 4.90 Å². The summed E-state index contributed by atoms with van der Waals surface area (Å²) in [5.74, 6) is -1.02. The van der Waals surface area contributed by atoms with Crippen LogP contribution in [0, 0.1) is 0 Å². The number of nitrogens with one attached hydrogen (secondary N) is 2. The highest BCUT2D eigenvalue weighted by Gasteiger charge is 2.21. The second-order valence-corrected chi connectivity index (χ2v) is 12.9. The van der Waals surface area contributed by atoms with Crippen molar-refractivity contribution in [2.24, 2.45) is 20.5 Å². The smallest absolute Gasteiger partial charge is 0.335 e. The van der Waals surface area contributed by atoms with Gasteiger partial charge in [0.25, 0.3) is 0 Å². The maximum absolute atomic E-state index is 11.6. The van der Waals surface area contributed by atoms with Crippen molar-refractivity contribution in [1.82, 2.24) is 15.0 Å². The Morgan fingerprint density at radius 3 is 1.48 bits per heavy atom. The van der Waals surface area contributed by atoms with Crippen molar-refractivity contribution in [3.05, 3.63) is 82.9 Å². The summed E-state index contributed by atoms with van der Waals surface area (Å²) >= 11 is 0. The molecular weight excluding hydrogens is 816 g/mol. The molecule has 62 heavy (non-hydrogen) atoms. The Kier molecular flexibility index (Phi) is 14.6. The molecule has 324 valence electrons. The number of azo groups is 2. The van der Waals surface area contributed by atoms with Gasteiger partial charge in [-0.2, -0.15) is 25.2 Å². The van der Waals surface area contributed by atoms with Crippen LogP contribution in [0.2, 0.25) is 0 Å². The minimum atomic E-state index is -1.33. The number of hydrogen-bond donors (Lipinski definition) is 6. The fourth-order valence-electron chi connectivity index (χ4n) is 5.99. The number of benzene rings is 4. The van der Waals surface area contributed by atoms with E-state index in [2.05, 4.69) is 50.8 Å². The molecule has 23 nitrogen and oxygen atoms in total. The molecule has 0 radical (unpaired) electrons. The Bertz CT molecular complexity index is 2430. The van der Waals surface area contributed by atoms with Crippen LogP contribution in [0.3, 0.4) is 0 Å². The number of carboxylic acids is 2. The average molecular weight is 857 g/mol. The summed E-state index contributed by atoms with van der Waals surface area (Å²) < 4.78 is 28.2. The van der Waals surface area contributed by atoms with Gasteiger partial charge in [0, 0.05) is 37.4 Å². The van der Waals surface area contributed by atoms with E-state index in [0.29, 0.717) is 77.6 Å². The molecule has 2 heterocycles. The van der Waals surface area contributed by atoms with Crippen LogP contribution in [0.5, 0.6) is 23.0 Å². The standard InChI is InChI=1S/C39H40N10O13/c1-56-31-17-29(47-45-25-10-21(19-61-54)9-22(11-25)20-62-55)33(58-3)15-27(31)40-37-42-38(44-39(43-37)49-5-7-60-8-6-49)41-28-16-34(59-4)30(18-32(28)57-2)48-46-26-13-23(35(50)51)12-24(14-26)36(52)53/h9-18,54-55H,5-8,19-20H2,1-4H3,(H,50,51)(H,52,53)(H2,40,41,42,43,44). The molecule has 6 rings (SSSR count). The van der Waals surface area contributed by atoms with Gasteiger partial charge in [-0.3, -0.25) is 10.5 Å². The summed E-state index contributed by atoms with van der Waals surface area (Å²) in [6.07, 6.45) is 0. The molecule has 0 amide bonds. The Balaban J connectivity index is 1.33. The van der Waals surface area contributed by atoms with Gasteiger partial charge in [0.05, 0.1) is 75.5 Å². The summed E-state index contributed by atoms with van der Waals surface area (Å²) in [6, 6.07) is 14.6. The molecule has 0 unspecified atom stereocenters. The van der Waals surface area contributed by atoms with Gasteiger partial charge >= 0.3 is 11.9 Å². The molecule has 6 N–H and O–H groups in total. The van der Waals surface area contributed by atoms with Crippen molar-refractivity contribution in [3.63, 3.8) is 0 Å². The Morgan fingerprint density at radius 1 is 0.613 bits per heavy atom.